The van der Waals surface area contributed by atoms with Crippen LogP contribution in [0.4, 0.5) is 0 Å². The van der Waals surface area contributed by atoms with Gasteiger partial charge in [0.15, 0.2) is 0 Å². The number of pyridine rings is 1. The van der Waals surface area contributed by atoms with E-state index >= 15 is 0 Å². The van der Waals surface area contributed by atoms with Gasteiger partial charge in [-0.1, -0.05) is 140 Å². The highest BCUT2D eigenvalue weighted by Crippen LogP contribution is 2.43. The maximum absolute atomic E-state index is 6.76. The predicted octanol–water partition coefficient (Wildman–Crippen LogP) is 14.8. The average molecular weight is 752 g/mol. The SMILES string of the molecule is c1cc(-c2cc(-n3c4ccccc4c4ccccc43)cc(-n3c4ccccc4c4ccccc43)c2)cc(-c2nc3ccc4ccccc4c3c3oc4ccccc4c23)c1. The number of fused-ring (bicyclic) bond motifs is 13. The molecule has 0 aliphatic carbocycles. The third-order valence-electron chi connectivity index (χ3n) is 12.2. The highest BCUT2D eigenvalue weighted by atomic mass is 16.3. The largest absolute Gasteiger partial charge is 0.455 e. The van der Waals surface area contributed by atoms with Crippen molar-refractivity contribution in [3.63, 3.8) is 0 Å². The Balaban J connectivity index is 1.10. The van der Waals surface area contributed by atoms with E-state index in [1.54, 1.807) is 0 Å². The third kappa shape index (κ3) is 4.69. The zero-order valence-electron chi connectivity index (χ0n) is 31.8. The molecule has 13 rings (SSSR count). The van der Waals surface area contributed by atoms with Crippen LogP contribution in [0.1, 0.15) is 0 Å². The lowest BCUT2D eigenvalue weighted by molar-refractivity contribution is 0.673. The average Bonchev–Trinajstić information content (AvgIpc) is 3.97. The van der Waals surface area contributed by atoms with Crippen LogP contribution in [-0.4, -0.2) is 14.1 Å². The highest BCUT2D eigenvalue weighted by Gasteiger charge is 2.21. The summed E-state index contributed by atoms with van der Waals surface area (Å²) in [5.41, 5.74) is 13.7. The van der Waals surface area contributed by atoms with E-state index in [1.165, 1.54) is 49.0 Å². The second-order valence-electron chi connectivity index (χ2n) is 15.5. The number of furan rings is 1. The first-order valence-corrected chi connectivity index (χ1v) is 20.1. The number of nitrogens with zero attached hydrogens (tertiary/aromatic N) is 3. The van der Waals surface area contributed by atoms with E-state index in [1.807, 2.05) is 6.07 Å². The van der Waals surface area contributed by atoms with Crippen molar-refractivity contribution in [2.24, 2.45) is 0 Å². The number of hydrogen-bond donors (Lipinski definition) is 0. The molecule has 0 aliphatic rings. The molecule has 0 amide bonds. The van der Waals surface area contributed by atoms with Gasteiger partial charge in [0.2, 0.25) is 0 Å². The zero-order chi connectivity index (χ0) is 38.6. The Morgan fingerprint density at radius 2 is 0.864 bits per heavy atom. The molecule has 0 aliphatic heterocycles. The highest BCUT2D eigenvalue weighted by molar-refractivity contribution is 6.25. The van der Waals surface area contributed by atoms with Crippen LogP contribution in [0, 0.1) is 0 Å². The third-order valence-corrected chi connectivity index (χ3v) is 12.2. The van der Waals surface area contributed by atoms with Crippen molar-refractivity contribution in [3.05, 3.63) is 200 Å². The Morgan fingerprint density at radius 3 is 1.47 bits per heavy atom. The van der Waals surface area contributed by atoms with Crippen molar-refractivity contribution < 1.29 is 4.42 Å². The molecule has 13 aromatic rings. The second kappa shape index (κ2) is 12.3. The molecule has 0 N–H and O–H groups in total. The van der Waals surface area contributed by atoms with Gasteiger partial charge in [-0.15, -0.1) is 0 Å². The van der Waals surface area contributed by atoms with Crippen LogP contribution in [0.2, 0.25) is 0 Å². The van der Waals surface area contributed by atoms with Gasteiger partial charge >= 0.3 is 0 Å². The minimum atomic E-state index is 0.858. The fraction of sp³-hybridized carbons (Fsp3) is 0. The smallest absolute Gasteiger partial charge is 0.147 e. The normalized spacial score (nSPS) is 12.1. The fourth-order valence-corrected chi connectivity index (χ4v) is 9.70. The van der Waals surface area contributed by atoms with Crippen LogP contribution in [0.25, 0.3) is 121 Å². The molecule has 0 unspecified atom stereocenters. The summed E-state index contributed by atoms with van der Waals surface area (Å²) in [4.78, 5) is 5.47. The van der Waals surface area contributed by atoms with Gasteiger partial charge in [-0.25, -0.2) is 4.98 Å². The summed E-state index contributed by atoms with van der Waals surface area (Å²) < 4.78 is 11.6. The Kier molecular flexibility index (Phi) is 6.69. The number of para-hydroxylation sites is 5. The van der Waals surface area contributed by atoms with Gasteiger partial charge in [0.05, 0.1) is 44.0 Å². The number of hydrogen-bond acceptors (Lipinski definition) is 2. The van der Waals surface area contributed by atoms with E-state index in [9.17, 15) is 0 Å². The fourth-order valence-electron chi connectivity index (χ4n) is 9.70. The molecule has 0 atom stereocenters. The molecule has 0 fully saturated rings. The van der Waals surface area contributed by atoms with Crippen molar-refractivity contribution in [3.8, 4) is 33.8 Å². The first kappa shape index (κ1) is 32.2. The van der Waals surface area contributed by atoms with E-state index in [-0.39, 0.29) is 0 Å². The molecule has 4 aromatic heterocycles. The lowest BCUT2D eigenvalue weighted by atomic mass is 9.96. The molecule has 0 saturated carbocycles. The topological polar surface area (TPSA) is 35.9 Å². The predicted molar refractivity (Wildman–Crippen MR) is 246 cm³/mol. The lowest BCUT2D eigenvalue weighted by Gasteiger charge is -2.16. The van der Waals surface area contributed by atoms with Crippen LogP contribution in [-0.2, 0) is 0 Å². The van der Waals surface area contributed by atoms with E-state index < -0.39 is 0 Å². The maximum atomic E-state index is 6.76. The summed E-state index contributed by atoms with van der Waals surface area (Å²) in [6, 6.07) is 72.0. The second-order valence-corrected chi connectivity index (χ2v) is 15.5. The number of aromatic nitrogens is 3. The van der Waals surface area contributed by atoms with Crippen molar-refractivity contribution >= 4 is 87.2 Å². The van der Waals surface area contributed by atoms with Crippen molar-refractivity contribution in [2.75, 3.05) is 0 Å². The minimum Gasteiger partial charge on any atom is -0.455 e. The quantitative estimate of drug-likeness (QED) is 0.168. The molecule has 59 heavy (non-hydrogen) atoms. The summed E-state index contributed by atoms with van der Waals surface area (Å²) in [5, 5.41) is 10.4. The number of benzene rings is 9. The summed E-state index contributed by atoms with van der Waals surface area (Å²) in [5.74, 6) is 0. The molecule has 0 bridgehead atoms. The monoisotopic (exact) mass is 751 g/mol. The molecule has 9 aromatic carbocycles. The van der Waals surface area contributed by atoms with E-state index in [2.05, 4.69) is 203 Å². The molecule has 4 nitrogen and oxygen atoms in total. The summed E-state index contributed by atoms with van der Waals surface area (Å²) >= 11 is 0. The van der Waals surface area contributed by atoms with Crippen LogP contribution in [0.5, 0.6) is 0 Å². The van der Waals surface area contributed by atoms with Crippen LogP contribution in [0.15, 0.2) is 205 Å². The van der Waals surface area contributed by atoms with Crippen molar-refractivity contribution in [2.45, 2.75) is 0 Å². The van der Waals surface area contributed by atoms with Gasteiger partial charge in [0.1, 0.15) is 11.2 Å². The Morgan fingerprint density at radius 1 is 0.356 bits per heavy atom. The molecule has 0 saturated heterocycles. The van der Waals surface area contributed by atoms with Crippen molar-refractivity contribution in [1.29, 1.82) is 0 Å². The van der Waals surface area contributed by atoms with Gasteiger partial charge in [-0.05, 0) is 82.6 Å². The Bertz CT molecular complexity index is 3620. The van der Waals surface area contributed by atoms with E-state index in [4.69, 9.17) is 9.40 Å². The Labute approximate surface area is 338 Å². The van der Waals surface area contributed by atoms with Crippen molar-refractivity contribution in [1.82, 2.24) is 14.1 Å². The van der Waals surface area contributed by atoms with E-state index in [0.29, 0.717) is 0 Å². The van der Waals surface area contributed by atoms with Gasteiger partial charge in [-0.2, -0.15) is 0 Å². The maximum Gasteiger partial charge on any atom is 0.147 e. The Hall–Kier alpha value is -7.95. The van der Waals surface area contributed by atoms with E-state index in [0.717, 1.165) is 72.0 Å². The molecular weight excluding hydrogens is 719 g/mol. The summed E-state index contributed by atoms with van der Waals surface area (Å²) in [6.45, 7) is 0. The van der Waals surface area contributed by atoms with Gasteiger partial charge < -0.3 is 13.6 Å². The van der Waals surface area contributed by atoms with Gasteiger partial charge in [-0.3, -0.25) is 0 Å². The molecular formula is C55H33N3O. The minimum absolute atomic E-state index is 0.858. The molecule has 0 spiro atoms. The van der Waals surface area contributed by atoms with Gasteiger partial charge in [0, 0.05) is 43.9 Å². The lowest BCUT2D eigenvalue weighted by Crippen LogP contribution is -2.00. The summed E-state index contributed by atoms with van der Waals surface area (Å²) in [6.07, 6.45) is 0. The van der Waals surface area contributed by atoms with Crippen LogP contribution >= 0.6 is 0 Å². The van der Waals surface area contributed by atoms with Crippen LogP contribution < -0.4 is 0 Å². The first-order valence-electron chi connectivity index (χ1n) is 20.1. The van der Waals surface area contributed by atoms with Gasteiger partial charge in [0.25, 0.3) is 0 Å². The molecule has 274 valence electrons. The molecule has 4 heterocycles. The molecule has 0 radical (unpaired) electrons. The van der Waals surface area contributed by atoms with Crippen LogP contribution in [0.3, 0.4) is 0 Å². The summed E-state index contributed by atoms with van der Waals surface area (Å²) in [7, 11) is 0. The zero-order valence-corrected chi connectivity index (χ0v) is 31.8. The molecule has 4 heteroatoms. The number of rotatable bonds is 4. The standard InChI is InChI=1S/C55H33N3O/c1-2-17-40-34(14-1)28-29-46-52(40)55-53(45-22-7-12-27-51(45)59-55)54(56-46)36-16-13-15-35(30-36)37-31-38(57-47-23-8-3-18-41(47)42-19-4-9-24-48(42)57)33-39(32-37)58-49-25-10-5-20-43(49)44-21-6-11-26-50(44)58/h1-33H. The first-order chi connectivity index (χ1) is 29.3.